The lowest BCUT2D eigenvalue weighted by Crippen LogP contribution is -2.27. The smallest absolute Gasteiger partial charge is 0.222 e. The van der Waals surface area contributed by atoms with Gasteiger partial charge >= 0.3 is 0 Å². The number of amides is 1. The van der Waals surface area contributed by atoms with Gasteiger partial charge in [-0.3, -0.25) is 4.79 Å². The molecule has 1 amide bonds. The number of nitrogens with one attached hydrogen (secondary N) is 1. The van der Waals surface area contributed by atoms with Gasteiger partial charge in [-0.2, -0.15) is 5.26 Å². The second kappa shape index (κ2) is 6.39. The molecule has 78 valence electrons. The zero-order chi connectivity index (χ0) is 10.2. The quantitative estimate of drug-likeness (QED) is 0.666. The van der Waals surface area contributed by atoms with Crippen LogP contribution in [0.3, 0.4) is 0 Å². The first-order valence-electron chi connectivity index (χ1n) is 5.08. The van der Waals surface area contributed by atoms with Gasteiger partial charge in [0.25, 0.3) is 0 Å². The van der Waals surface area contributed by atoms with Crippen LogP contribution in [0.2, 0.25) is 0 Å². The third kappa shape index (κ3) is 4.24. The van der Waals surface area contributed by atoms with Crippen molar-refractivity contribution in [3.8, 4) is 6.07 Å². The average Bonchev–Trinajstić information content (AvgIpc) is 2.65. The monoisotopic (exact) mass is 196 g/mol. The molecule has 0 spiro atoms. The zero-order valence-electron chi connectivity index (χ0n) is 8.29. The van der Waals surface area contributed by atoms with E-state index in [0.717, 1.165) is 25.9 Å². The van der Waals surface area contributed by atoms with E-state index >= 15 is 0 Å². The molecule has 1 fully saturated rings. The number of hydrogen-bond acceptors (Lipinski definition) is 3. The standard InChI is InChI=1S/C10H16N2O2/c11-5-1-2-6-12-10(13)8-9-4-3-7-14-9/h9H,1-4,6-8H2,(H,12,13). The highest BCUT2D eigenvalue weighted by Crippen LogP contribution is 2.14. The number of ether oxygens (including phenoxy) is 1. The van der Waals surface area contributed by atoms with E-state index in [2.05, 4.69) is 5.32 Å². The molecular weight excluding hydrogens is 180 g/mol. The van der Waals surface area contributed by atoms with Gasteiger partial charge in [-0.1, -0.05) is 0 Å². The highest BCUT2D eigenvalue weighted by Gasteiger charge is 2.18. The normalized spacial score (nSPS) is 20.4. The lowest BCUT2D eigenvalue weighted by molar-refractivity contribution is -0.123. The molecule has 0 aromatic carbocycles. The SMILES string of the molecule is N#CCCCNC(=O)CC1CCCO1. The summed E-state index contributed by atoms with van der Waals surface area (Å²) >= 11 is 0. The summed E-state index contributed by atoms with van der Waals surface area (Å²) in [4.78, 5) is 11.3. The third-order valence-corrected chi connectivity index (χ3v) is 2.22. The van der Waals surface area contributed by atoms with E-state index < -0.39 is 0 Å². The summed E-state index contributed by atoms with van der Waals surface area (Å²) in [6, 6.07) is 2.04. The number of carbonyl (C=O) groups excluding carboxylic acids is 1. The van der Waals surface area contributed by atoms with Crippen molar-refractivity contribution in [3.63, 3.8) is 0 Å². The van der Waals surface area contributed by atoms with Gasteiger partial charge in [0.2, 0.25) is 5.91 Å². The summed E-state index contributed by atoms with van der Waals surface area (Å²) in [6.07, 6.45) is 3.87. The molecule has 0 aromatic heterocycles. The van der Waals surface area contributed by atoms with Crippen LogP contribution >= 0.6 is 0 Å². The van der Waals surface area contributed by atoms with Crippen molar-refractivity contribution in [3.05, 3.63) is 0 Å². The molecule has 14 heavy (non-hydrogen) atoms. The maximum Gasteiger partial charge on any atom is 0.222 e. The maximum absolute atomic E-state index is 11.3. The summed E-state index contributed by atoms with van der Waals surface area (Å²) in [5, 5.41) is 11.1. The second-order valence-corrected chi connectivity index (χ2v) is 3.45. The maximum atomic E-state index is 11.3. The topological polar surface area (TPSA) is 62.1 Å². The van der Waals surface area contributed by atoms with Crippen LogP contribution in [0.1, 0.15) is 32.1 Å². The molecule has 1 rings (SSSR count). The Balaban J connectivity index is 2.01. The highest BCUT2D eigenvalue weighted by atomic mass is 16.5. The summed E-state index contributed by atoms with van der Waals surface area (Å²) < 4.78 is 5.34. The molecule has 4 heteroatoms. The van der Waals surface area contributed by atoms with E-state index in [9.17, 15) is 4.79 Å². The molecule has 0 bridgehead atoms. The molecule has 1 aliphatic rings. The Morgan fingerprint density at radius 1 is 1.64 bits per heavy atom. The molecule has 0 radical (unpaired) electrons. The van der Waals surface area contributed by atoms with E-state index in [-0.39, 0.29) is 12.0 Å². The summed E-state index contributed by atoms with van der Waals surface area (Å²) in [5.74, 6) is 0.0369. The fourth-order valence-corrected chi connectivity index (χ4v) is 1.48. The predicted molar refractivity (Wildman–Crippen MR) is 51.4 cm³/mol. The molecular formula is C10H16N2O2. The minimum Gasteiger partial charge on any atom is -0.378 e. The van der Waals surface area contributed by atoms with E-state index in [1.54, 1.807) is 0 Å². The molecule has 0 saturated carbocycles. The highest BCUT2D eigenvalue weighted by molar-refractivity contribution is 5.76. The van der Waals surface area contributed by atoms with Gasteiger partial charge in [-0.15, -0.1) is 0 Å². The third-order valence-electron chi connectivity index (χ3n) is 2.22. The van der Waals surface area contributed by atoms with Crippen molar-refractivity contribution in [1.29, 1.82) is 5.26 Å². The Morgan fingerprint density at radius 2 is 2.50 bits per heavy atom. The molecule has 0 aliphatic carbocycles. The van der Waals surface area contributed by atoms with Crippen LogP contribution in [-0.2, 0) is 9.53 Å². The van der Waals surface area contributed by atoms with Gasteiger partial charge in [0.1, 0.15) is 0 Å². The first-order valence-corrected chi connectivity index (χ1v) is 5.08. The Kier molecular flexibility index (Phi) is 5.02. The molecule has 1 heterocycles. The fraction of sp³-hybridized carbons (Fsp3) is 0.800. The Labute approximate surface area is 84.2 Å². The van der Waals surface area contributed by atoms with Crippen molar-refractivity contribution in [2.24, 2.45) is 0 Å². The van der Waals surface area contributed by atoms with Gasteiger partial charge < -0.3 is 10.1 Å². The zero-order valence-corrected chi connectivity index (χ0v) is 8.29. The number of hydrogen-bond donors (Lipinski definition) is 1. The van der Waals surface area contributed by atoms with Crippen LogP contribution in [0.4, 0.5) is 0 Å². The van der Waals surface area contributed by atoms with Crippen LogP contribution in [-0.4, -0.2) is 25.2 Å². The van der Waals surface area contributed by atoms with Gasteiger partial charge in [0, 0.05) is 19.6 Å². The predicted octanol–water partition coefficient (Wildman–Crippen LogP) is 0.975. The molecule has 4 nitrogen and oxygen atoms in total. The molecule has 1 atom stereocenters. The van der Waals surface area contributed by atoms with E-state index in [1.165, 1.54) is 0 Å². The minimum atomic E-state index is 0.0369. The largest absolute Gasteiger partial charge is 0.378 e. The number of nitrogens with zero attached hydrogens (tertiary/aromatic N) is 1. The molecule has 1 N–H and O–H groups in total. The van der Waals surface area contributed by atoms with Crippen LogP contribution in [0, 0.1) is 11.3 Å². The number of rotatable bonds is 5. The lowest BCUT2D eigenvalue weighted by Gasteiger charge is -2.08. The fourth-order valence-electron chi connectivity index (χ4n) is 1.48. The Hall–Kier alpha value is -1.08. The van der Waals surface area contributed by atoms with E-state index in [4.69, 9.17) is 10.00 Å². The van der Waals surface area contributed by atoms with Crippen LogP contribution in [0.25, 0.3) is 0 Å². The number of nitriles is 1. The van der Waals surface area contributed by atoms with E-state index in [0.29, 0.717) is 19.4 Å². The lowest BCUT2D eigenvalue weighted by atomic mass is 10.2. The van der Waals surface area contributed by atoms with Crippen LogP contribution in [0.15, 0.2) is 0 Å². The van der Waals surface area contributed by atoms with Crippen molar-refractivity contribution in [2.75, 3.05) is 13.2 Å². The minimum absolute atomic E-state index is 0.0369. The van der Waals surface area contributed by atoms with Crippen LogP contribution < -0.4 is 5.32 Å². The van der Waals surface area contributed by atoms with Crippen molar-refractivity contribution < 1.29 is 9.53 Å². The van der Waals surface area contributed by atoms with E-state index in [1.807, 2.05) is 6.07 Å². The van der Waals surface area contributed by atoms with Crippen molar-refractivity contribution >= 4 is 5.91 Å². The average molecular weight is 196 g/mol. The van der Waals surface area contributed by atoms with Gasteiger partial charge in [0.15, 0.2) is 0 Å². The van der Waals surface area contributed by atoms with Gasteiger partial charge in [-0.25, -0.2) is 0 Å². The second-order valence-electron chi connectivity index (χ2n) is 3.45. The van der Waals surface area contributed by atoms with Crippen molar-refractivity contribution in [2.45, 2.75) is 38.2 Å². The summed E-state index contributed by atoms with van der Waals surface area (Å²) in [5.41, 5.74) is 0. The van der Waals surface area contributed by atoms with Gasteiger partial charge in [0.05, 0.1) is 18.6 Å². The summed E-state index contributed by atoms with van der Waals surface area (Å²) in [6.45, 7) is 1.38. The number of unbranched alkanes of at least 4 members (excludes halogenated alkanes) is 1. The first kappa shape index (κ1) is 11.0. The molecule has 0 aromatic rings. The number of carbonyl (C=O) groups is 1. The van der Waals surface area contributed by atoms with Gasteiger partial charge in [-0.05, 0) is 19.3 Å². The van der Waals surface area contributed by atoms with Crippen molar-refractivity contribution in [1.82, 2.24) is 5.32 Å². The Morgan fingerprint density at radius 3 is 3.14 bits per heavy atom. The Bertz CT molecular complexity index is 217. The summed E-state index contributed by atoms with van der Waals surface area (Å²) in [7, 11) is 0. The molecule has 1 aliphatic heterocycles. The molecule has 1 saturated heterocycles. The first-order chi connectivity index (χ1) is 6.83. The molecule has 1 unspecified atom stereocenters. The van der Waals surface area contributed by atoms with Crippen LogP contribution in [0.5, 0.6) is 0 Å².